The van der Waals surface area contributed by atoms with E-state index in [4.69, 9.17) is 14.2 Å². The highest BCUT2D eigenvalue weighted by Crippen LogP contribution is 2.36. The molecule has 0 saturated carbocycles. The van der Waals surface area contributed by atoms with E-state index in [0.717, 1.165) is 42.1 Å². The Balaban J connectivity index is 1.71. The molecule has 0 fully saturated rings. The monoisotopic (exact) mass is 370 g/mol. The number of likely N-dealkylation sites (N-methyl/N-ethyl adjacent to an activating group) is 1. The second-order valence-electron chi connectivity index (χ2n) is 6.47. The van der Waals surface area contributed by atoms with Crippen LogP contribution in [0.4, 0.5) is 17.1 Å². The van der Waals surface area contributed by atoms with Crippen molar-refractivity contribution in [2.24, 2.45) is 0 Å². The first-order valence-electron chi connectivity index (χ1n) is 9.23. The van der Waals surface area contributed by atoms with Crippen molar-refractivity contribution < 1.29 is 19.0 Å². The van der Waals surface area contributed by atoms with Gasteiger partial charge in [-0.15, -0.1) is 0 Å². The standard InChI is InChI=1S/C21H26N2O4/c1-4-5-6-11-26-18-10-8-16(13-20(18)25-3)22-15-7-9-17-19(12-15)27-14-21(24)23(17)2/h7-10,12-13,22H,4-6,11,14H2,1-3H3. The number of hydrogen-bond acceptors (Lipinski definition) is 5. The summed E-state index contributed by atoms with van der Waals surface area (Å²) in [7, 11) is 3.39. The third-order valence-corrected chi connectivity index (χ3v) is 4.50. The van der Waals surface area contributed by atoms with Gasteiger partial charge in [-0.25, -0.2) is 0 Å². The van der Waals surface area contributed by atoms with Gasteiger partial charge in [-0.1, -0.05) is 19.8 Å². The summed E-state index contributed by atoms with van der Waals surface area (Å²) in [5.74, 6) is 2.07. The lowest BCUT2D eigenvalue weighted by Gasteiger charge is -2.26. The number of amides is 1. The molecule has 0 aliphatic carbocycles. The lowest BCUT2D eigenvalue weighted by molar-refractivity contribution is -0.120. The van der Waals surface area contributed by atoms with Crippen molar-refractivity contribution in [1.82, 2.24) is 0 Å². The summed E-state index contributed by atoms with van der Waals surface area (Å²) in [4.78, 5) is 13.3. The number of fused-ring (bicyclic) bond motifs is 1. The Morgan fingerprint density at radius 1 is 1.11 bits per heavy atom. The minimum atomic E-state index is -0.0533. The largest absolute Gasteiger partial charge is 0.493 e. The summed E-state index contributed by atoms with van der Waals surface area (Å²) in [6.45, 7) is 2.92. The summed E-state index contributed by atoms with van der Waals surface area (Å²) in [6.07, 6.45) is 3.35. The van der Waals surface area contributed by atoms with Gasteiger partial charge in [0.2, 0.25) is 0 Å². The number of hydrogen-bond donors (Lipinski definition) is 1. The molecular weight excluding hydrogens is 344 g/mol. The molecule has 0 aromatic heterocycles. The average Bonchev–Trinajstić information content (AvgIpc) is 2.69. The number of anilines is 3. The van der Waals surface area contributed by atoms with Crippen LogP contribution in [-0.2, 0) is 4.79 Å². The Hall–Kier alpha value is -2.89. The topological polar surface area (TPSA) is 60.0 Å². The summed E-state index contributed by atoms with van der Waals surface area (Å²) < 4.78 is 16.8. The number of nitrogens with one attached hydrogen (secondary N) is 1. The van der Waals surface area contributed by atoms with Gasteiger partial charge in [0.05, 0.1) is 19.4 Å². The molecule has 0 unspecified atom stereocenters. The third-order valence-electron chi connectivity index (χ3n) is 4.50. The lowest BCUT2D eigenvalue weighted by atomic mass is 10.2. The first kappa shape index (κ1) is 18.9. The number of carbonyl (C=O) groups is 1. The fourth-order valence-electron chi connectivity index (χ4n) is 2.92. The van der Waals surface area contributed by atoms with E-state index >= 15 is 0 Å². The molecule has 2 aromatic rings. The third kappa shape index (κ3) is 4.45. The maximum atomic E-state index is 11.7. The number of nitrogens with zero attached hydrogens (tertiary/aromatic N) is 1. The van der Waals surface area contributed by atoms with Gasteiger partial charge in [0, 0.05) is 30.6 Å². The number of carbonyl (C=O) groups excluding carboxylic acids is 1. The Bertz CT molecular complexity index is 807. The van der Waals surface area contributed by atoms with E-state index in [1.54, 1.807) is 19.1 Å². The van der Waals surface area contributed by atoms with E-state index in [0.29, 0.717) is 18.1 Å². The SMILES string of the molecule is CCCCCOc1ccc(Nc2ccc3c(c2)OCC(=O)N3C)cc1OC. The van der Waals surface area contributed by atoms with E-state index in [-0.39, 0.29) is 12.5 Å². The molecule has 6 heteroatoms. The number of benzene rings is 2. The number of rotatable bonds is 8. The van der Waals surface area contributed by atoms with E-state index in [2.05, 4.69) is 12.2 Å². The van der Waals surface area contributed by atoms with Gasteiger partial charge in [0.1, 0.15) is 5.75 Å². The molecule has 1 amide bonds. The summed E-state index contributed by atoms with van der Waals surface area (Å²) in [6, 6.07) is 11.4. The van der Waals surface area contributed by atoms with Crippen LogP contribution in [0.25, 0.3) is 0 Å². The quantitative estimate of drug-likeness (QED) is 0.700. The Kier molecular flexibility index (Phi) is 6.06. The van der Waals surface area contributed by atoms with Gasteiger partial charge in [0.15, 0.2) is 18.1 Å². The normalized spacial score (nSPS) is 13.0. The van der Waals surface area contributed by atoms with Crippen molar-refractivity contribution >= 4 is 23.0 Å². The second-order valence-corrected chi connectivity index (χ2v) is 6.47. The van der Waals surface area contributed by atoms with Crippen molar-refractivity contribution in [2.75, 3.05) is 37.6 Å². The molecule has 0 bridgehead atoms. The molecule has 1 heterocycles. The predicted molar refractivity (Wildman–Crippen MR) is 107 cm³/mol. The second kappa shape index (κ2) is 8.66. The van der Waals surface area contributed by atoms with Crippen LogP contribution < -0.4 is 24.4 Å². The molecule has 1 N–H and O–H groups in total. The van der Waals surface area contributed by atoms with Crippen LogP contribution in [0.15, 0.2) is 36.4 Å². The zero-order valence-electron chi connectivity index (χ0n) is 16.1. The van der Waals surface area contributed by atoms with Gasteiger partial charge in [-0.2, -0.15) is 0 Å². The highest BCUT2D eigenvalue weighted by Gasteiger charge is 2.22. The van der Waals surface area contributed by atoms with Crippen molar-refractivity contribution in [3.63, 3.8) is 0 Å². The van der Waals surface area contributed by atoms with Crippen molar-refractivity contribution in [3.8, 4) is 17.2 Å². The molecule has 1 aliphatic heterocycles. The van der Waals surface area contributed by atoms with Crippen LogP contribution in [0.2, 0.25) is 0 Å². The van der Waals surface area contributed by atoms with Crippen LogP contribution in [0.1, 0.15) is 26.2 Å². The van der Waals surface area contributed by atoms with Crippen LogP contribution in [0.5, 0.6) is 17.2 Å². The predicted octanol–water partition coefficient (Wildman–Crippen LogP) is 4.36. The molecule has 144 valence electrons. The van der Waals surface area contributed by atoms with Crippen molar-refractivity contribution in [1.29, 1.82) is 0 Å². The molecule has 1 aliphatic rings. The van der Waals surface area contributed by atoms with Gasteiger partial charge in [0.25, 0.3) is 5.91 Å². The number of unbranched alkanes of at least 4 members (excludes halogenated alkanes) is 2. The molecule has 0 atom stereocenters. The van der Waals surface area contributed by atoms with E-state index < -0.39 is 0 Å². The highest BCUT2D eigenvalue weighted by molar-refractivity contribution is 5.97. The maximum absolute atomic E-state index is 11.7. The van der Waals surface area contributed by atoms with E-state index in [1.165, 1.54) is 0 Å². The van der Waals surface area contributed by atoms with Gasteiger partial charge >= 0.3 is 0 Å². The first-order valence-corrected chi connectivity index (χ1v) is 9.23. The first-order chi connectivity index (χ1) is 13.1. The minimum Gasteiger partial charge on any atom is -0.493 e. The van der Waals surface area contributed by atoms with Crippen LogP contribution in [0.3, 0.4) is 0 Å². The fraction of sp³-hybridized carbons (Fsp3) is 0.381. The van der Waals surface area contributed by atoms with E-state index in [1.807, 2.05) is 36.4 Å². The van der Waals surface area contributed by atoms with Crippen molar-refractivity contribution in [2.45, 2.75) is 26.2 Å². The molecule has 3 rings (SSSR count). The molecule has 6 nitrogen and oxygen atoms in total. The molecule has 0 saturated heterocycles. The summed E-state index contributed by atoms with van der Waals surface area (Å²) >= 11 is 0. The number of methoxy groups -OCH3 is 1. The Labute approximate surface area is 160 Å². The molecule has 27 heavy (non-hydrogen) atoms. The lowest BCUT2D eigenvalue weighted by Crippen LogP contribution is -2.35. The zero-order chi connectivity index (χ0) is 19.2. The maximum Gasteiger partial charge on any atom is 0.264 e. The summed E-state index contributed by atoms with van der Waals surface area (Å²) in [5.41, 5.74) is 2.52. The van der Waals surface area contributed by atoms with Crippen LogP contribution in [-0.4, -0.2) is 33.3 Å². The van der Waals surface area contributed by atoms with Crippen LogP contribution >= 0.6 is 0 Å². The van der Waals surface area contributed by atoms with Crippen LogP contribution in [0, 0.1) is 0 Å². The fourth-order valence-corrected chi connectivity index (χ4v) is 2.92. The van der Waals surface area contributed by atoms with E-state index in [9.17, 15) is 4.79 Å². The smallest absolute Gasteiger partial charge is 0.264 e. The summed E-state index contributed by atoms with van der Waals surface area (Å²) in [5, 5.41) is 3.34. The molecule has 2 aromatic carbocycles. The highest BCUT2D eigenvalue weighted by atomic mass is 16.5. The average molecular weight is 370 g/mol. The minimum absolute atomic E-state index is 0.0533. The molecule has 0 spiro atoms. The van der Waals surface area contributed by atoms with Gasteiger partial charge in [-0.05, 0) is 30.7 Å². The molecular formula is C21H26N2O4. The Morgan fingerprint density at radius 3 is 2.67 bits per heavy atom. The van der Waals surface area contributed by atoms with Gasteiger partial charge in [-0.3, -0.25) is 4.79 Å². The van der Waals surface area contributed by atoms with Gasteiger partial charge < -0.3 is 24.4 Å². The molecule has 0 radical (unpaired) electrons. The number of ether oxygens (including phenoxy) is 3. The van der Waals surface area contributed by atoms with Crippen molar-refractivity contribution in [3.05, 3.63) is 36.4 Å². The Morgan fingerprint density at radius 2 is 1.89 bits per heavy atom. The zero-order valence-corrected chi connectivity index (χ0v) is 16.1.